The number of benzene rings is 1. The number of hydrogen-bond acceptors (Lipinski definition) is 4. The fraction of sp³-hybridized carbons (Fsp3) is 0.500. The zero-order chi connectivity index (χ0) is 12.1. The molecule has 0 aliphatic rings. The molecule has 1 rings (SSSR count). The summed E-state index contributed by atoms with van der Waals surface area (Å²) in [4.78, 5) is 2.08. The highest BCUT2D eigenvalue weighted by Gasteiger charge is 2.13. The summed E-state index contributed by atoms with van der Waals surface area (Å²) in [6, 6.07) is 5.90. The van der Waals surface area contributed by atoms with Crippen LogP contribution < -0.4 is 15.4 Å². The highest BCUT2D eigenvalue weighted by Crippen LogP contribution is 2.28. The van der Waals surface area contributed by atoms with Gasteiger partial charge in [0.25, 0.3) is 0 Å². The van der Waals surface area contributed by atoms with Crippen LogP contribution in [0.4, 0.5) is 11.4 Å². The Bertz CT molecular complexity index is 342. The third-order valence-electron chi connectivity index (χ3n) is 2.69. The highest BCUT2D eigenvalue weighted by molar-refractivity contribution is 5.69. The van der Waals surface area contributed by atoms with Crippen LogP contribution in [-0.2, 0) is 4.74 Å². The zero-order valence-electron chi connectivity index (χ0n) is 10.4. The van der Waals surface area contributed by atoms with Crippen LogP contribution in [0, 0.1) is 0 Å². The summed E-state index contributed by atoms with van der Waals surface area (Å²) < 4.78 is 10.3. The first-order valence-electron chi connectivity index (χ1n) is 5.25. The Labute approximate surface area is 96.9 Å². The molecule has 0 spiro atoms. The van der Waals surface area contributed by atoms with E-state index in [0.717, 1.165) is 17.1 Å². The van der Waals surface area contributed by atoms with Gasteiger partial charge in [0.15, 0.2) is 0 Å². The summed E-state index contributed by atoms with van der Waals surface area (Å²) in [6.07, 6.45) is 0. The van der Waals surface area contributed by atoms with Crippen molar-refractivity contribution in [1.82, 2.24) is 0 Å². The van der Waals surface area contributed by atoms with E-state index in [2.05, 4.69) is 11.8 Å². The van der Waals surface area contributed by atoms with Crippen molar-refractivity contribution in [3.05, 3.63) is 18.2 Å². The van der Waals surface area contributed by atoms with E-state index in [9.17, 15) is 0 Å². The first-order chi connectivity index (χ1) is 7.60. The Balaban J connectivity index is 2.92. The summed E-state index contributed by atoms with van der Waals surface area (Å²) in [5.41, 5.74) is 7.64. The second kappa shape index (κ2) is 5.61. The maximum absolute atomic E-state index is 5.94. The molecule has 1 aromatic rings. The van der Waals surface area contributed by atoms with Crippen LogP contribution in [0.15, 0.2) is 18.2 Å². The Kier molecular flexibility index (Phi) is 4.43. The lowest BCUT2D eigenvalue weighted by Gasteiger charge is -2.27. The molecule has 4 heteroatoms. The van der Waals surface area contributed by atoms with Gasteiger partial charge in [0.05, 0.1) is 25.1 Å². The van der Waals surface area contributed by atoms with Gasteiger partial charge in [-0.2, -0.15) is 0 Å². The van der Waals surface area contributed by atoms with E-state index in [-0.39, 0.29) is 6.04 Å². The van der Waals surface area contributed by atoms with Crippen LogP contribution >= 0.6 is 0 Å². The summed E-state index contributed by atoms with van der Waals surface area (Å²) in [5, 5.41) is 0. The summed E-state index contributed by atoms with van der Waals surface area (Å²) in [5.74, 6) is 0.806. The first kappa shape index (κ1) is 12.6. The van der Waals surface area contributed by atoms with Gasteiger partial charge in [-0.25, -0.2) is 0 Å². The molecule has 0 bridgehead atoms. The van der Waals surface area contributed by atoms with E-state index in [1.807, 2.05) is 25.2 Å². The third-order valence-corrected chi connectivity index (χ3v) is 2.69. The van der Waals surface area contributed by atoms with E-state index in [1.165, 1.54) is 0 Å². The lowest BCUT2D eigenvalue weighted by atomic mass is 10.2. The molecule has 0 aliphatic carbocycles. The molecule has 90 valence electrons. The van der Waals surface area contributed by atoms with Crippen molar-refractivity contribution < 1.29 is 9.47 Å². The minimum Gasteiger partial charge on any atom is -0.497 e. The van der Waals surface area contributed by atoms with Gasteiger partial charge in [-0.1, -0.05) is 0 Å². The maximum atomic E-state index is 5.94. The number of nitrogens with two attached hydrogens (primary N) is 1. The lowest BCUT2D eigenvalue weighted by Crippen LogP contribution is -2.33. The Morgan fingerprint density at radius 2 is 2.06 bits per heavy atom. The second-order valence-corrected chi connectivity index (χ2v) is 3.84. The molecule has 0 saturated heterocycles. The van der Waals surface area contributed by atoms with Crippen LogP contribution in [0.25, 0.3) is 0 Å². The Morgan fingerprint density at radius 3 is 2.62 bits per heavy atom. The van der Waals surface area contributed by atoms with Crippen LogP contribution in [0.1, 0.15) is 6.92 Å². The third kappa shape index (κ3) is 2.79. The largest absolute Gasteiger partial charge is 0.497 e. The summed E-state index contributed by atoms with van der Waals surface area (Å²) in [6.45, 7) is 2.75. The summed E-state index contributed by atoms with van der Waals surface area (Å²) in [7, 11) is 5.34. The second-order valence-electron chi connectivity index (χ2n) is 3.84. The monoisotopic (exact) mass is 224 g/mol. The molecule has 0 amide bonds. The summed E-state index contributed by atoms with van der Waals surface area (Å²) >= 11 is 0. The number of nitrogens with zero attached hydrogens (tertiary/aromatic N) is 1. The molecular weight excluding hydrogens is 204 g/mol. The molecule has 2 N–H and O–H groups in total. The van der Waals surface area contributed by atoms with Gasteiger partial charge in [0.1, 0.15) is 5.75 Å². The number of rotatable bonds is 5. The molecule has 0 saturated carbocycles. The SMILES string of the molecule is COCC(C)N(C)c1cc(OC)ccc1N. The van der Waals surface area contributed by atoms with Crippen molar-refractivity contribution in [2.45, 2.75) is 13.0 Å². The average molecular weight is 224 g/mol. The van der Waals surface area contributed by atoms with Crippen LogP contribution in [0.3, 0.4) is 0 Å². The highest BCUT2D eigenvalue weighted by atomic mass is 16.5. The molecule has 1 atom stereocenters. The average Bonchev–Trinajstić information content (AvgIpc) is 2.29. The van der Waals surface area contributed by atoms with Crippen molar-refractivity contribution >= 4 is 11.4 Å². The Hall–Kier alpha value is -1.42. The molecule has 1 aromatic carbocycles. The smallest absolute Gasteiger partial charge is 0.121 e. The number of hydrogen-bond donors (Lipinski definition) is 1. The van der Waals surface area contributed by atoms with Crippen LogP contribution in [-0.4, -0.2) is 33.9 Å². The van der Waals surface area contributed by atoms with E-state index in [4.69, 9.17) is 15.2 Å². The number of methoxy groups -OCH3 is 2. The zero-order valence-corrected chi connectivity index (χ0v) is 10.4. The molecule has 0 fully saturated rings. The molecule has 0 aromatic heterocycles. The predicted molar refractivity (Wildman–Crippen MR) is 67.1 cm³/mol. The molecule has 16 heavy (non-hydrogen) atoms. The van der Waals surface area contributed by atoms with E-state index < -0.39 is 0 Å². The van der Waals surface area contributed by atoms with Gasteiger partial charge in [-0.15, -0.1) is 0 Å². The minimum atomic E-state index is 0.263. The first-order valence-corrected chi connectivity index (χ1v) is 5.25. The fourth-order valence-electron chi connectivity index (χ4n) is 1.55. The molecule has 0 radical (unpaired) electrons. The van der Waals surface area contributed by atoms with Crippen molar-refractivity contribution in [3.8, 4) is 5.75 Å². The normalized spacial score (nSPS) is 12.2. The minimum absolute atomic E-state index is 0.263. The molecule has 0 heterocycles. The van der Waals surface area contributed by atoms with E-state index >= 15 is 0 Å². The topological polar surface area (TPSA) is 47.7 Å². The van der Waals surface area contributed by atoms with Gasteiger partial charge in [0.2, 0.25) is 0 Å². The number of anilines is 2. The molecular formula is C12H20N2O2. The van der Waals surface area contributed by atoms with Crippen molar-refractivity contribution in [3.63, 3.8) is 0 Å². The van der Waals surface area contributed by atoms with E-state index in [0.29, 0.717) is 6.61 Å². The number of likely N-dealkylation sites (N-methyl/N-ethyl adjacent to an activating group) is 1. The lowest BCUT2D eigenvalue weighted by molar-refractivity contribution is 0.183. The van der Waals surface area contributed by atoms with Gasteiger partial charge < -0.3 is 20.1 Å². The maximum Gasteiger partial charge on any atom is 0.121 e. The van der Waals surface area contributed by atoms with Crippen molar-refractivity contribution in [2.24, 2.45) is 0 Å². The standard InChI is InChI=1S/C12H20N2O2/c1-9(8-15-3)14(2)12-7-10(16-4)5-6-11(12)13/h5-7,9H,8,13H2,1-4H3. The molecule has 0 aliphatic heterocycles. The van der Waals surface area contributed by atoms with Gasteiger partial charge >= 0.3 is 0 Å². The van der Waals surface area contributed by atoms with Crippen molar-refractivity contribution in [2.75, 3.05) is 38.5 Å². The van der Waals surface area contributed by atoms with Crippen LogP contribution in [0.2, 0.25) is 0 Å². The van der Waals surface area contributed by atoms with Gasteiger partial charge in [-0.3, -0.25) is 0 Å². The Morgan fingerprint density at radius 1 is 1.38 bits per heavy atom. The van der Waals surface area contributed by atoms with Gasteiger partial charge in [-0.05, 0) is 19.1 Å². The van der Waals surface area contributed by atoms with Gasteiger partial charge in [0, 0.05) is 26.3 Å². The van der Waals surface area contributed by atoms with Crippen molar-refractivity contribution in [1.29, 1.82) is 0 Å². The fourth-order valence-corrected chi connectivity index (χ4v) is 1.55. The molecule has 4 nitrogen and oxygen atoms in total. The quantitative estimate of drug-likeness (QED) is 0.774. The number of nitrogen functional groups attached to an aromatic ring is 1. The van der Waals surface area contributed by atoms with Crippen LogP contribution in [0.5, 0.6) is 5.75 Å². The van der Waals surface area contributed by atoms with E-state index in [1.54, 1.807) is 14.2 Å². The number of ether oxygens (including phenoxy) is 2. The predicted octanol–water partition coefficient (Wildman–Crippen LogP) is 1.75. The molecule has 1 unspecified atom stereocenters.